The Balaban J connectivity index is 1.72. The lowest BCUT2D eigenvalue weighted by molar-refractivity contribution is -0.137. The van der Waals surface area contributed by atoms with Crippen molar-refractivity contribution in [1.29, 1.82) is 0 Å². The van der Waals surface area contributed by atoms with Gasteiger partial charge in [-0.2, -0.15) is 0 Å². The normalized spacial score (nSPS) is 17.0. The monoisotopic (exact) mass is 347 g/mol. The van der Waals surface area contributed by atoms with Crippen LogP contribution in [0.5, 0.6) is 0 Å². The number of carbonyl (C=O) groups is 3. The molecule has 0 aromatic heterocycles. The van der Waals surface area contributed by atoms with Crippen molar-refractivity contribution in [3.63, 3.8) is 0 Å². The van der Waals surface area contributed by atoms with Crippen LogP contribution in [0.25, 0.3) is 0 Å². The molecular weight excluding hydrogens is 322 g/mol. The van der Waals surface area contributed by atoms with E-state index in [9.17, 15) is 14.4 Å². The second-order valence-corrected chi connectivity index (χ2v) is 6.26. The van der Waals surface area contributed by atoms with Crippen LogP contribution in [0, 0.1) is 5.92 Å². The number of carbonyl (C=O) groups excluding carboxylic acids is 2. The first-order chi connectivity index (χ1) is 12.1. The summed E-state index contributed by atoms with van der Waals surface area (Å²) in [5.41, 5.74) is 0.631. The topological polar surface area (TPSA) is 98.7 Å². The first-order valence-electron chi connectivity index (χ1n) is 8.64. The van der Waals surface area contributed by atoms with Crippen molar-refractivity contribution in [2.45, 2.75) is 25.7 Å². The van der Waals surface area contributed by atoms with E-state index in [1.165, 1.54) is 0 Å². The second-order valence-electron chi connectivity index (χ2n) is 6.26. The maximum atomic E-state index is 12.1. The highest BCUT2D eigenvalue weighted by molar-refractivity contribution is 5.94. The molecule has 1 saturated heterocycles. The number of hydrogen-bond acceptors (Lipinski definition) is 3. The van der Waals surface area contributed by atoms with Gasteiger partial charge in [-0.25, -0.2) is 4.79 Å². The summed E-state index contributed by atoms with van der Waals surface area (Å²) in [6.07, 6.45) is 2.34. The van der Waals surface area contributed by atoms with Crippen molar-refractivity contribution < 1.29 is 19.5 Å². The van der Waals surface area contributed by atoms with Crippen molar-refractivity contribution in [2.24, 2.45) is 5.92 Å². The highest BCUT2D eigenvalue weighted by Crippen LogP contribution is 2.16. The highest BCUT2D eigenvalue weighted by Gasteiger charge is 2.23. The number of hydrogen-bond donors (Lipinski definition) is 3. The molecule has 0 saturated carbocycles. The van der Waals surface area contributed by atoms with Gasteiger partial charge in [0.25, 0.3) is 5.91 Å². The van der Waals surface area contributed by atoms with Crippen molar-refractivity contribution in [2.75, 3.05) is 26.2 Å². The quantitative estimate of drug-likeness (QED) is 0.654. The second kappa shape index (κ2) is 9.66. The SMILES string of the molecule is O=C(O)CCCNC(=O)N1CCCC(CNC(=O)c2ccccc2)C1. The number of rotatable bonds is 7. The minimum absolute atomic E-state index is 0.0500. The third-order valence-corrected chi connectivity index (χ3v) is 4.24. The summed E-state index contributed by atoms with van der Waals surface area (Å²) < 4.78 is 0. The molecule has 1 unspecified atom stereocenters. The number of carboxylic acid groups (broad SMARTS) is 1. The van der Waals surface area contributed by atoms with Gasteiger partial charge in [0, 0.05) is 38.2 Å². The molecule has 25 heavy (non-hydrogen) atoms. The molecule has 1 aliphatic heterocycles. The molecule has 1 fully saturated rings. The first-order valence-corrected chi connectivity index (χ1v) is 8.64. The number of nitrogens with one attached hydrogen (secondary N) is 2. The predicted molar refractivity (Wildman–Crippen MR) is 93.3 cm³/mol. The van der Waals surface area contributed by atoms with Crippen LogP contribution in [0.4, 0.5) is 4.79 Å². The van der Waals surface area contributed by atoms with Crippen LogP contribution >= 0.6 is 0 Å². The molecule has 7 nitrogen and oxygen atoms in total. The van der Waals surface area contributed by atoms with E-state index < -0.39 is 5.97 Å². The average Bonchev–Trinajstić information content (AvgIpc) is 2.64. The summed E-state index contributed by atoms with van der Waals surface area (Å²) in [6, 6.07) is 8.90. The van der Waals surface area contributed by atoms with E-state index >= 15 is 0 Å². The zero-order chi connectivity index (χ0) is 18.1. The summed E-state index contributed by atoms with van der Waals surface area (Å²) in [7, 11) is 0. The average molecular weight is 347 g/mol. The smallest absolute Gasteiger partial charge is 0.317 e. The summed E-state index contributed by atoms with van der Waals surface area (Å²) in [4.78, 5) is 36.4. The predicted octanol–water partition coefficient (Wildman–Crippen LogP) is 1.70. The zero-order valence-corrected chi connectivity index (χ0v) is 14.2. The van der Waals surface area contributed by atoms with E-state index in [4.69, 9.17) is 5.11 Å². The lowest BCUT2D eigenvalue weighted by Gasteiger charge is -2.32. The Morgan fingerprint density at radius 3 is 2.64 bits per heavy atom. The molecule has 1 atom stereocenters. The van der Waals surface area contributed by atoms with E-state index in [2.05, 4.69) is 10.6 Å². The van der Waals surface area contributed by atoms with Crippen molar-refractivity contribution in [3.8, 4) is 0 Å². The molecule has 3 amide bonds. The Morgan fingerprint density at radius 1 is 1.16 bits per heavy atom. The Labute approximate surface area is 147 Å². The van der Waals surface area contributed by atoms with E-state index in [-0.39, 0.29) is 24.3 Å². The highest BCUT2D eigenvalue weighted by atomic mass is 16.4. The van der Waals surface area contributed by atoms with Crippen LogP contribution in [-0.4, -0.2) is 54.1 Å². The van der Waals surface area contributed by atoms with Gasteiger partial charge in [-0.1, -0.05) is 18.2 Å². The minimum Gasteiger partial charge on any atom is -0.481 e. The third kappa shape index (κ3) is 6.45. The number of amides is 3. The summed E-state index contributed by atoms with van der Waals surface area (Å²) in [5, 5.41) is 14.3. The number of carboxylic acids is 1. The lowest BCUT2D eigenvalue weighted by atomic mass is 9.98. The Hall–Kier alpha value is -2.57. The molecule has 0 aliphatic carbocycles. The van der Waals surface area contributed by atoms with Gasteiger partial charge in [0.15, 0.2) is 0 Å². The van der Waals surface area contributed by atoms with Gasteiger partial charge >= 0.3 is 12.0 Å². The zero-order valence-electron chi connectivity index (χ0n) is 14.2. The van der Waals surface area contributed by atoms with Gasteiger partial charge in [0.1, 0.15) is 0 Å². The molecule has 1 aromatic rings. The van der Waals surface area contributed by atoms with E-state index in [1.807, 2.05) is 18.2 Å². The summed E-state index contributed by atoms with van der Waals surface area (Å²) in [5.74, 6) is -0.733. The molecule has 136 valence electrons. The molecule has 1 aromatic carbocycles. The molecule has 0 bridgehead atoms. The van der Waals surface area contributed by atoms with Gasteiger partial charge in [0.05, 0.1) is 0 Å². The summed E-state index contributed by atoms with van der Waals surface area (Å²) in [6.45, 7) is 2.18. The van der Waals surface area contributed by atoms with Crippen LogP contribution in [0.15, 0.2) is 30.3 Å². The summed E-state index contributed by atoms with van der Waals surface area (Å²) >= 11 is 0. The number of aliphatic carboxylic acids is 1. The number of piperidine rings is 1. The Kier molecular flexibility index (Phi) is 7.25. The molecule has 7 heteroatoms. The van der Waals surface area contributed by atoms with Crippen LogP contribution < -0.4 is 10.6 Å². The largest absolute Gasteiger partial charge is 0.481 e. The van der Waals surface area contributed by atoms with E-state index in [0.29, 0.717) is 38.2 Å². The van der Waals surface area contributed by atoms with Gasteiger partial charge in [-0.05, 0) is 37.3 Å². The number of nitrogens with zero attached hydrogens (tertiary/aromatic N) is 1. The fraction of sp³-hybridized carbons (Fsp3) is 0.500. The van der Waals surface area contributed by atoms with Gasteiger partial charge < -0.3 is 20.6 Å². The number of benzene rings is 1. The molecular formula is C18H25N3O4. The molecule has 1 heterocycles. The maximum Gasteiger partial charge on any atom is 0.317 e. The van der Waals surface area contributed by atoms with Gasteiger partial charge in [-0.3, -0.25) is 9.59 Å². The van der Waals surface area contributed by atoms with Crippen molar-refractivity contribution in [3.05, 3.63) is 35.9 Å². The first kappa shape index (κ1) is 18.8. The molecule has 3 N–H and O–H groups in total. The van der Waals surface area contributed by atoms with E-state index in [1.54, 1.807) is 17.0 Å². The van der Waals surface area contributed by atoms with Crippen LogP contribution in [-0.2, 0) is 4.79 Å². The molecule has 2 rings (SSSR count). The Bertz CT molecular complexity index is 591. The standard InChI is InChI=1S/C18H25N3O4/c22-16(23)9-4-10-19-18(25)21-11-5-6-14(13-21)12-20-17(24)15-7-2-1-3-8-15/h1-3,7-8,14H,4-6,9-13H2,(H,19,25)(H,20,24)(H,22,23). The fourth-order valence-corrected chi connectivity index (χ4v) is 2.89. The fourth-order valence-electron chi connectivity index (χ4n) is 2.89. The van der Waals surface area contributed by atoms with E-state index in [0.717, 1.165) is 12.8 Å². The van der Waals surface area contributed by atoms with Crippen LogP contribution in [0.3, 0.4) is 0 Å². The number of urea groups is 1. The Morgan fingerprint density at radius 2 is 1.92 bits per heavy atom. The van der Waals surface area contributed by atoms with Crippen molar-refractivity contribution >= 4 is 17.9 Å². The number of likely N-dealkylation sites (tertiary alicyclic amines) is 1. The van der Waals surface area contributed by atoms with Crippen molar-refractivity contribution in [1.82, 2.24) is 15.5 Å². The molecule has 0 spiro atoms. The van der Waals surface area contributed by atoms with Crippen LogP contribution in [0.2, 0.25) is 0 Å². The van der Waals surface area contributed by atoms with Crippen LogP contribution in [0.1, 0.15) is 36.0 Å². The third-order valence-electron chi connectivity index (χ3n) is 4.24. The molecule has 0 radical (unpaired) electrons. The maximum absolute atomic E-state index is 12.1. The van der Waals surface area contributed by atoms with Gasteiger partial charge in [0.2, 0.25) is 0 Å². The molecule has 1 aliphatic rings. The lowest BCUT2D eigenvalue weighted by Crippen LogP contribution is -2.47. The van der Waals surface area contributed by atoms with Gasteiger partial charge in [-0.15, -0.1) is 0 Å². The minimum atomic E-state index is -0.860.